The Kier molecular flexibility index (Phi) is 7.93. The largest absolute Gasteiger partial charge is 0.430 e. The van der Waals surface area contributed by atoms with Gasteiger partial charge in [-0.1, -0.05) is 38.8 Å². The van der Waals surface area contributed by atoms with Crippen LogP contribution in [0.2, 0.25) is 0 Å². The normalized spacial score (nSPS) is 14.1. The van der Waals surface area contributed by atoms with Crippen LogP contribution < -0.4 is 4.90 Å². The molecule has 1 N–H and O–H groups in total. The van der Waals surface area contributed by atoms with Crippen LogP contribution in [-0.4, -0.2) is 29.9 Å². The SMILES string of the molecule is CCCCC(CC)C(=O)N(CC)c1ccc(C(O)(C(F)(F)F)C(F)(F)F)cc1. The number of halogens is 6. The van der Waals surface area contributed by atoms with Gasteiger partial charge in [-0.15, -0.1) is 0 Å². The quantitative estimate of drug-likeness (QED) is 0.566. The van der Waals surface area contributed by atoms with Crippen molar-refractivity contribution in [1.82, 2.24) is 0 Å². The molecule has 28 heavy (non-hydrogen) atoms. The summed E-state index contributed by atoms with van der Waals surface area (Å²) in [5, 5.41) is 9.44. The first-order valence-corrected chi connectivity index (χ1v) is 9.12. The van der Waals surface area contributed by atoms with E-state index in [0.717, 1.165) is 25.0 Å². The van der Waals surface area contributed by atoms with E-state index in [1.54, 1.807) is 6.92 Å². The molecule has 0 aliphatic rings. The highest BCUT2D eigenvalue weighted by Gasteiger charge is 2.71. The Bertz CT molecular complexity index is 625. The van der Waals surface area contributed by atoms with Crippen LogP contribution in [0.1, 0.15) is 52.0 Å². The molecule has 1 aromatic carbocycles. The smallest absolute Gasteiger partial charge is 0.369 e. The molecule has 0 aliphatic carbocycles. The second-order valence-electron chi connectivity index (χ2n) is 6.58. The number of nitrogens with zero attached hydrogens (tertiary/aromatic N) is 1. The Morgan fingerprint density at radius 2 is 1.50 bits per heavy atom. The molecule has 1 aromatic rings. The van der Waals surface area contributed by atoms with Crippen molar-refractivity contribution in [2.45, 2.75) is 64.4 Å². The van der Waals surface area contributed by atoms with E-state index in [1.807, 2.05) is 13.8 Å². The molecule has 1 amide bonds. The Morgan fingerprint density at radius 1 is 1.00 bits per heavy atom. The van der Waals surface area contributed by atoms with Gasteiger partial charge < -0.3 is 10.0 Å². The van der Waals surface area contributed by atoms with Gasteiger partial charge in [0.1, 0.15) is 0 Å². The van der Waals surface area contributed by atoms with Gasteiger partial charge in [0.15, 0.2) is 0 Å². The Morgan fingerprint density at radius 3 is 1.86 bits per heavy atom. The lowest BCUT2D eigenvalue weighted by Gasteiger charge is -2.33. The molecule has 0 heterocycles. The zero-order valence-corrected chi connectivity index (χ0v) is 16.0. The van der Waals surface area contributed by atoms with E-state index in [1.165, 1.54) is 4.90 Å². The first kappa shape index (κ1) is 24.3. The van der Waals surface area contributed by atoms with Gasteiger partial charge in [0, 0.05) is 23.7 Å². The Labute approximate surface area is 160 Å². The van der Waals surface area contributed by atoms with E-state index in [4.69, 9.17) is 0 Å². The molecular formula is C19H25F6NO2. The number of rotatable bonds is 8. The van der Waals surface area contributed by atoms with Crippen molar-refractivity contribution in [3.63, 3.8) is 0 Å². The average molecular weight is 413 g/mol. The van der Waals surface area contributed by atoms with E-state index in [2.05, 4.69) is 0 Å². The van der Waals surface area contributed by atoms with E-state index in [9.17, 15) is 36.2 Å². The van der Waals surface area contributed by atoms with Crippen LogP contribution in [0.15, 0.2) is 24.3 Å². The summed E-state index contributed by atoms with van der Waals surface area (Å²) >= 11 is 0. The second kappa shape index (κ2) is 9.15. The van der Waals surface area contributed by atoms with Gasteiger partial charge in [-0.3, -0.25) is 4.79 Å². The fraction of sp³-hybridized carbons (Fsp3) is 0.632. The van der Waals surface area contributed by atoms with Crippen LogP contribution >= 0.6 is 0 Å². The number of benzene rings is 1. The van der Waals surface area contributed by atoms with Crippen molar-refractivity contribution in [1.29, 1.82) is 0 Å². The highest BCUT2D eigenvalue weighted by Crippen LogP contribution is 2.50. The summed E-state index contributed by atoms with van der Waals surface area (Å²) in [7, 11) is 0. The van der Waals surface area contributed by atoms with Crippen molar-refractivity contribution in [3.8, 4) is 0 Å². The second-order valence-corrected chi connectivity index (χ2v) is 6.58. The van der Waals surface area contributed by atoms with Crippen molar-refractivity contribution in [2.75, 3.05) is 11.4 Å². The lowest BCUT2D eigenvalue weighted by molar-refractivity contribution is -0.376. The summed E-state index contributed by atoms with van der Waals surface area (Å²) in [6.45, 7) is 5.71. The van der Waals surface area contributed by atoms with Crippen molar-refractivity contribution >= 4 is 11.6 Å². The standard InChI is InChI=1S/C19H25F6NO2/c1-4-7-8-13(5-2)16(27)26(6-3)15-11-9-14(10-12-15)17(28,18(20,21)22)19(23,24)25/h9-13,28H,4-8H2,1-3H3. The highest BCUT2D eigenvalue weighted by atomic mass is 19.4. The number of hydrogen-bond donors (Lipinski definition) is 1. The predicted octanol–water partition coefficient (Wildman–Crippen LogP) is 5.57. The molecule has 1 atom stereocenters. The molecule has 0 radical (unpaired) electrons. The average Bonchev–Trinajstić information content (AvgIpc) is 2.61. The molecule has 0 fully saturated rings. The number of amides is 1. The van der Waals surface area contributed by atoms with E-state index in [-0.39, 0.29) is 24.1 Å². The third-order valence-corrected chi connectivity index (χ3v) is 4.75. The highest BCUT2D eigenvalue weighted by molar-refractivity contribution is 5.95. The van der Waals surface area contributed by atoms with Crippen molar-refractivity contribution < 1.29 is 36.2 Å². The lowest BCUT2D eigenvalue weighted by Crippen LogP contribution is -2.53. The number of carbonyl (C=O) groups excluding carboxylic acids is 1. The summed E-state index contributed by atoms with van der Waals surface area (Å²) < 4.78 is 77.8. The van der Waals surface area contributed by atoms with Gasteiger partial charge >= 0.3 is 12.4 Å². The van der Waals surface area contributed by atoms with Crippen LogP contribution in [0.4, 0.5) is 32.0 Å². The predicted molar refractivity (Wildman–Crippen MR) is 93.8 cm³/mol. The first-order chi connectivity index (χ1) is 12.8. The third kappa shape index (κ3) is 4.79. The lowest BCUT2D eigenvalue weighted by atomic mass is 9.92. The molecule has 1 unspecified atom stereocenters. The number of hydrogen-bond acceptors (Lipinski definition) is 2. The van der Waals surface area contributed by atoms with Gasteiger partial charge in [0.25, 0.3) is 5.60 Å². The molecule has 0 saturated heterocycles. The van der Waals surface area contributed by atoms with Crippen molar-refractivity contribution in [2.24, 2.45) is 5.92 Å². The van der Waals surface area contributed by atoms with Crippen LogP contribution in [0.5, 0.6) is 0 Å². The number of alkyl halides is 6. The third-order valence-electron chi connectivity index (χ3n) is 4.75. The van der Waals surface area contributed by atoms with Gasteiger partial charge in [0.2, 0.25) is 5.91 Å². The summed E-state index contributed by atoms with van der Waals surface area (Å²) in [5.74, 6) is -0.505. The fourth-order valence-corrected chi connectivity index (χ4v) is 3.01. The Balaban J connectivity index is 3.24. The molecule has 0 saturated carbocycles. The zero-order chi connectivity index (χ0) is 21.8. The van der Waals surface area contributed by atoms with E-state index in [0.29, 0.717) is 25.0 Å². The monoisotopic (exact) mass is 413 g/mol. The number of carbonyl (C=O) groups is 1. The minimum Gasteiger partial charge on any atom is -0.369 e. The maximum atomic E-state index is 13.0. The molecule has 160 valence electrons. The molecule has 0 bridgehead atoms. The van der Waals surface area contributed by atoms with E-state index < -0.39 is 23.5 Å². The number of aliphatic hydroxyl groups is 1. The summed E-state index contributed by atoms with van der Waals surface area (Å²) in [5.41, 5.74) is -6.15. The number of anilines is 1. The van der Waals surface area contributed by atoms with Crippen LogP contribution in [0, 0.1) is 5.92 Å². The molecule has 9 heteroatoms. The molecule has 0 aliphatic heterocycles. The van der Waals surface area contributed by atoms with Crippen molar-refractivity contribution in [3.05, 3.63) is 29.8 Å². The van der Waals surface area contributed by atoms with Crippen LogP contribution in [0.3, 0.4) is 0 Å². The molecule has 0 spiro atoms. The van der Waals surface area contributed by atoms with Crippen LogP contribution in [-0.2, 0) is 10.4 Å². The summed E-state index contributed by atoms with van der Waals surface area (Å²) in [4.78, 5) is 14.1. The van der Waals surface area contributed by atoms with Crippen LogP contribution in [0.25, 0.3) is 0 Å². The molecule has 3 nitrogen and oxygen atoms in total. The number of unbranched alkanes of at least 4 members (excludes halogenated alkanes) is 1. The zero-order valence-electron chi connectivity index (χ0n) is 16.0. The fourth-order valence-electron chi connectivity index (χ4n) is 3.01. The first-order valence-electron chi connectivity index (χ1n) is 9.12. The molecule has 0 aromatic heterocycles. The van der Waals surface area contributed by atoms with Gasteiger partial charge in [-0.2, -0.15) is 26.3 Å². The molecule has 1 rings (SSSR count). The Hall–Kier alpha value is -1.77. The van der Waals surface area contributed by atoms with Gasteiger partial charge in [-0.25, -0.2) is 0 Å². The topological polar surface area (TPSA) is 40.5 Å². The minimum absolute atomic E-state index is 0.179. The molecular weight excluding hydrogens is 388 g/mol. The van der Waals surface area contributed by atoms with E-state index >= 15 is 0 Å². The van der Waals surface area contributed by atoms with Gasteiger partial charge in [-0.05, 0) is 31.9 Å². The maximum Gasteiger partial charge on any atom is 0.430 e. The van der Waals surface area contributed by atoms with Gasteiger partial charge in [0.05, 0.1) is 0 Å². The minimum atomic E-state index is -5.94. The summed E-state index contributed by atoms with van der Waals surface area (Å²) in [6, 6.07) is 3.09. The summed E-state index contributed by atoms with van der Waals surface area (Å²) in [6.07, 6.45) is -8.92. The maximum absolute atomic E-state index is 13.0.